The average molecular weight is 710 g/mol. The summed E-state index contributed by atoms with van der Waals surface area (Å²) in [6, 6.07) is 16.7. The van der Waals surface area contributed by atoms with Crippen LogP contribution in [0.25, 0.3) is 0 Å². The van der Waals surface area contributed by atoms with Crippen LogP contribution in [0, 0.1) is 11.8 Å². The summed E-state index contributed by atoms with van der Waals surface area (Å²) >= 11 is 5.53. The van der Waals surface area contributed by atoms with Crippen LogP contribution >= 0.6 is 27.7 Å². The zero-order valence-corrected chi connectivity index (χ0v) is 29.2. The maximum atomic E-state index is 14.9. The summed E-state index contributed by atoms with van der Waals surface area (Å²) in [7, 11) is 0. The van der Waals surface area contributed by atoms with Crippen molar-refractivity contribution >= 4 is 62.5 Å². The molecule has 0 aromatic heterocycles. The molecule has 46 heavy (non-hydrogen) atoms. The van der Waals surface area contributed by atoms with E-state index in [2.05, 4.69) is 47.8 Å². The Morgan fingerprint density at radius 3 is 2.13 bits per heavy atom. The molecule has 8 nitrogen and oxygen atoms in total. The minimum Gasteiger partial charge on any atom is -0.396 e. The number of aliphatic hydroxyl groups excluding tert-OH is 1. The Kier molecular flexibility index (Phi) is 11.0. The van der Waals surface area contributed by atoms with Crippen LogP contribution in [0.2, 0.25) is 0 Å². The molecule has 10 heteroatoms. The Bertz CT molecular complexity index is 1420. The van der Waals surface area contributed by atoms with Crippen LogP contribution < -0.4 is 14.7 Å². The molecular formula is C36H45BrN4O4S. The Labute approximate surface area is 285 Å². The SMILES string of the molecule is C=CCN(C(=O)C1N(CCCCO)C(=O)[C@@H]2[C@@H](C(=O)N(CC=C)c3ccccc3)[C@@H]3SC12CC3Br)c1ccc(N(CC)CC)cc1. The number of aliphatic hydroxyl groups is 1. The van der Waals surface area contributed by atoms with E-state index in [1.807, 2.05) is 54.6 Å². The zero-order valence-electron chi connectivity index (χ0n) is 26.8. The van der Waals surface area contributed by atoms with Crippen LogP contribution in [-0.2, 0) is 14.4 Å². The highest BCUT2D eigenvalue weighted by Gasteiger charge is 2.76. The van der Waals surface area contributed by atoms with Gasteiger partial charge in [0.05, 0.1) is 16.6 Å². The van der Waals surface area contributed by atoms with Crippen molar-refractivity contribution < 1.29 is 19.5 Å². The molecule has 6 atom stereocenters. The number of alkyl halides is 1. The zero-order chi connectivity index (χ0) is 33.0. The lowest BCUT2D eigenvalue weighted by molar-refractivity contribution is -0.139. The van der Waals surface area contributed by atoms with Gasteiger partial charge in [0.25, 0.3) is 5.91 Å². The number of hydrogen-bond acceptors (Lipinski definition) is 6. The van der Waals surface area contributed by atoms with Crippen molar-refractivity contribution in [3.8, 4) is 0 Å². The first-order chi connectivity index (χ1) is 22.3. The van der Waals surface area contributed by atoms with Gasteiger partial charge in [0.1, 0.15) is 6.04 Å². The van der Waals surface area contributed by atoms with Crippen molar-refractivity contribution in [2.75, 3.05) is 54.0 Å². The number of halogens is 1. The molecule has 3 unspecified atom stereocenters. The van der Waals surface area contributed by atoms with Crippen molar-refractivity contribution in [2.45, 2.75) is 54.0 Å². The number of benzene rings is 2. The van der Waals surface area contributed by atoms with Crippen LogP contribution in [0.15, 0.2) is 79.9 Å². The molecule has 2 bridgehead atoms. The second-order valence-electron chi connectivity index (χ2n) is 12.1. The molecule has 0 aliphatic carbocycles. The first-order valence-electron chi connectivity index (χ1n) is 16.3. The molecule has 246 valence electrons. The minimum absolute atomic E-state index is 0.00564. The summed E-state index contributed by atoms with van der Waals surface area (Å²) in [5, 5.41) is 9.40. The number of fused-ring (bicyclic) bond motifs is 1. The summed E-state index contributed by atoms with van der Waals surface area (Å²) in [6.07, 6.45) is 5.10. The Morgan fingerprint density at radius 2 is 1.54 bits per heavy atom. The maximum absolute atomic E-state index is 14.9. The molecule has 5 rings (SSSR count). The molecule has 3 amide bonds. The number of likely N-dealkylation sites (tertiary alicyclic amines) is 1. The van der Waals surface area contributed by atoms with Gasteiger partial charge in [-0.2, -0.15) is 0 Å². The standard InChI is InChI=1S/C36H45BrN4O4S/c1-5-20-39(26-14-10-9-11-15-26)33(43)29-30-34(44)41(22-12-13-23-42)32(36(30)24-28(37)31(29)46-36)35(45)40(21-6-2)27-18-16-25(17-19-27)38(7-3)8-4/h5-6,9-11,14-19,28-32,42H,1-2,7-8,12-13,20-24H2,3-4H3/t28?,29-,30+,31-,32?,36?/m1/s1. The fourth-order valence-electron chi connectivity index (χ4n) is 7.60. The normalized spacial score (nSPS) is 26.1. The summed E-state index contributed by atoms with van der Waals surface area (Å²) in [5.74, 6) is -1.67. The van der Waals surface area contributed by atoms with Crippen molar-refractivity contribution in [1.29, 1.82) is 0 Å². The van der Waals surface area contributed by atoms with Crippen molar-refractivity contribution in [3.63, 3.8) is 0 Å². The van der Waals surface area contributed by atoms with Crippen LogP contribution in [0.5, 0.6) is 0 Å². The number of para-hydroxylation sites is 1. The highest BCUT2D eigenvalue weighted by atomic mass is 79.9. The number of unbranched alkanes of at least 4 members (excludes halogenated alkanes) is 1. The van der Waals surface area contributed by atoms with E-state index >= 15 is 0 Å². The van der Waals surface area contributed by atoms with Gasteiger partial charge in [0.15, 0.2) is 0 Å². The fraction of sp³-hybridized carbons (Fsp3) is 0.472. The van der Waals surface area contributed by atoms with E-state index in [4.69, 9.17) is 0 Å². The molecule has 3 heterocycles. The maximum Gasteiger partial charge on any atom is 0.251 e. The highest BCUT2D eigenvalue weighted by Crippen LogP contribution is 2.68. The van der Waals surface area contributed by atoms with Gasteiger partial charge in [0.2, 0.25) is 11.8 Å². The van der Waals surface area contributed by atoms with Crippen LogP contribution in [-0.4, -0.2) is 87.9 Å². The summed E-state index contributed by atoms with van der Waals surface area (Å²) in [6.45, 7) is 14.8. The average Bonchev–Trinajstić information content (AvgIpc) is 3.66. The number of nitrogens with zero attached hydrogens (tertiary/aromatic N) is 4. The molecule has 3 saturated heterocycles. The molecule has 0 radical (unpaired) electrons. The van der Waals surface area contributed by atoms with E-state index in [-0.39, 0.29) is 41.0 Å². The molecule has 3 fully saturated rings. The number of carbonyl (C=O) groups is 3. The first kappa shape index (κ1) is 34.3. The highest BCUT2D eigenvalue weighted by molar-refractivity contribution is 9.09. The van der Waals surface area contributed by atoms with Gasteiger partial charge in [-0.15, -0.1) is 24.9 Å². The molecule has 3 aliphatic heterocycles. The van der Waals surface area contributed by atoms with Crippen LogP contribution in [0.4, 0.5) is 17.1 Å². The molecule has 3 aliphatic rings. The smallest absolute Gasteiger partial charge is 0.251 e. The van der Waals surface area contributed by atoms with Gasteiger partial charge in [-0.05, 0) is 69.5 Å². The number of amides is 3. The Hall–Kier alpha value is -3.08. The van der Waals surface area contributed by atoms with Gasteiger partial charge in [-0.25, -0.2) is 0 Å². The Morgan fingerprint density at radius 1 is 0.957 bits per heavy atom. The van der Waals surface area contributed by atoms with Crippen LogP contribution in [0.1, 0.15) is 33.1 Å². The van der Waals surface area contributed by atoms with Crippen LogP contribution in [0.3, 0.4) is 0 Å². The van der Waals surface area contributed by atoms with Gasteiger partial charge < -0.3 is 24.7 Å². The van der Waals surface area contributed by atoms with E-state index in [0.29, 0.717) is 32.4 Å². The fourth-order valence-corrected chi connectivity index (χ4v) is 11.2. The molecule has 2 aromatic carbocycles. The van der Waals surface area contributed by atoms with E-state index in [0.717, 1.165) is 30.2 Å². The quantitative estimate of drug-likeness (QED) is 0.149. The topological polar surface area (TPSA) is 84.4 Å². The lowest BCUT2D eigenvalue weighted by Crippen LogP contribution is -2.56. The summed E-state index contributed by atoms with van der Waals surface area (Å²) < 4.78 is -0.774. The predicted molar refractivity (Wildman–Crippen MR) is 192 cm³/mol. The lowest BCUT2D eigenvalue weighted by Gasteiger charge is -2.38. The Balaban J connectivity index is 1.55. The third kappa shape index (κ3) is 6.04. The largest absolute Gasteiger partial charge is 0.396 e. The van der Waals surface area contributed by atoms with Crippen molar-refractivity contribution in [3.05, 3.63) is 79.9 Å². The van der Waals surface area contributed by atoms with Gasteiger partial charge in [-0.3, -0.25) is 14.4 Å². The van der Waals surface area contributed by atoms with E-state index in [1.165, 1.54) is 0 Å². The summed E-state index contributed by atoms with van der Waals surface area (Å²) in [5.41, 5.74) is 2.57. The number of carbonyl (C=O) groups excluding carboxylic acids is 3. The van der Waals surface area contributed by atoms with E-state index < -0.39 is 22.6 Å². The van der Waals surface area contributed by atoms with Gasteiger partial charge >= 0.3 is 0 Å². The third-order valence-corrected chi connectivity index (χ3v) is 12.8. The third-order valence-electron chi connectivity index (χ3n) is 9.63. The number of rotatable bonds is 15. The molecular weight excluding hydrogens is 664 g/mol. The number of thioether (sulfide) groups is 1. The van der Waals surface area contributed by atoms with Gasteiger partial charge in [0, 0.05) is 66.5 Å². The first-order valence-corrected chi connectivity index (χ1v) is 18.0. The summed E-state index contributed by atoms with van der Waals surface area (Å²) in [4.78, 5) is 51.4. The predicted octanol–water partition coefficient (Wildman–Crippen LogP) is 5.51. The minimum atomic E-state index is -0.774. The lowest BCUT2D eigenvalue weighted by atomic mass is 9.70. The molecule has 1 spiro atoms. The van der Waals surface area contributed by atoms with E-state index in [9.17, 15) is 19.5 Å². The van der Waals surface area contributed by atoms with Gasteiger partial charge in [-0.1, -0.05) is 46.3 Å². The molecule has 1 N–H and O–H groups in total. The van der Waals surface area contributed by atoms with E-state index in [1.54, 1.807) is 38.6 Å². The second-order valence-corrected chi connectivity index (χ2v) is 14.8. The molecule has 0 saturated carbocycles. The monoisotopic (exact) mass is 708 g/mol. The second kappa shape index (κ2) is 14.8. The number of anilines is 3. The van der Waals surface area contributed by atoms with Crippen molar-refractivity contribution in [2.24, 2.45) is 11.8 Å². The number of hydrogen-bond donors (Lipinski definition) is 1. The molecule has 2 aromatic rings. The van der Waals surface area contributed by atoms with Crippen molar-refractivity contribution in [1.82, 2.24) is 4.90 Å².